The molecular formula is C21H16N4O2. The van der Waals surface area contributed by atoms with Gasteiger partial charge in [-0.2, -0.15) is 0 Å². The number of benzene rings is 2. The van der Waals surface area contributed by atoms with E-state index >= 15 is 0 Å². The van der Waals surface area contributed by atoms with Gasteiger partial charge in [0.05, 0.1) is 17.0 Å². The molecule has 6 rings (SSSR count). The second kappa shape index (κ2) is 5.30. The molecule has 4 aromatic rings. The smallest absolute Gasteiger partial charge is 0.222 e. The van der Waals surface area contributed by atoms with Crippen molar-refractivity contribution >= 4 is 11.0 Å². The summed E-state index contributed by atoms with van der Waals surface area (Å²) >= 11 is 0. The minimum atomic E-state index is 0.149. The number of hydrogen-bond acceptors (Lipinski definition) is 5. The zero-order chi connectivity index (χ0) is 18.0. The molecule has 2 aromatic carbocycles. The lowest BCUT2D eigenvalue weighted by Gasteiger charge is -2.09. The highest BCUT2D eigenvalue weighted by Crippen LogP contribution is 2.63. The Hall–Kier alpha value is -3.41. The van der Waals surface area contributed by atoms with Crippen molar-refractivity contribution in [2.45, 2.75) is 24.9 Å². The van der Waals surface area contributed by atoms with Gasteiger partial charge in [-0.15, -0.1) is 0 Å². The molecule has 1 fully saturated rings. The van der Waals surface area contributed by atoms with Gasteiger partial charge in [0.15, 0.2) is 0 Å². The second-order valence-corrected chi connectivity index (χ2v) is 7.13. The van der Waals surface area contributed by atoms with Crippen LogP contribution in [0.5, 0.6) is 17.4 Å². The first-order valence-corrected chi connectivity index (χ1v) is 8.97. The molecule has 1 N–H and O–H groups in total. The Morgan fingerprint density at radius 3 is 2.93 bits per heavy atom. The van der Waals surface area contributed by atoms with E-state index in [4.69, 9.17) is 14.5 Å². The summed E-state index contributed by atoms with van der Waals surface area (Å²) in [7, 11) is 0. The standard InChI is InChI=1S/C21H16N4O2/c1-11-2-4-14-15(8-11)25-21(24-14)19-18-13-9-12(3-5-16(13)27-20(18)19)26-17-6-7-22-10-23-17/h2-10,18-20H,1H3,(H,24,25). The molecule has 0 radical (unpaired) electrons. The van der Waals surface area contributed by atoms with Gasteiger partial charge in [0.25, 0.3) is 0 Å². The van der Waals surface area contributed by atoms with Gasteiger partial charge in [-0.25, -0.2) is 15.0 Å². The largest absolute Gasteiger partial charge is 0.489 e. The Morgan fingerprint density at radius 1 is 1.07 bits per heavy atom. The maximum absolute atomic E-state index is 6.13. The lowest BCUT2D eigenvalue weighted by atomic mass is 10.1. The van der Waals surface area contributed by atoms with Crippen molar-refractivity contribution in [3.05, 3.63) is 71.9 Å². The lowest BCUT2D eigenvalue weighted by Crippen LogP contribution is -2.00. The minimum Gasteiger partial charge on any atom is -0.489 e. The molecule has 3 unspecified atom stereocenters. The lowest BCUT2D eigenvalue weighted by molar-refractivity contribution is 0.308. The molecule has 3 atom stereocenters. The molecule has 0 spiro atoms. The number of nitrogens with zero attached hydrogens (tertiary/aromatic N) is 3. The van der Waals surface area contributed by atoms with Gasteiger partial charge < -0.3 is 14.5 Å². The number of nitrogens with one attached hydrogen (secondary N) is 1. The Labute approximate surface area is 155 Å². The molecule has 132 valence electrons. The highest BCUT2D eigenvalue weighted by Gasteiger charge is 2.61. The van der Waals surface area contributed by atoms with Crippen LogP contribution in [-0.2, 0) is 0 Å². The zero-order valence-electron chi connectivity index (χ0n) is 14.6. The van der Waals surface area contributed by atoms with Crippen LogP contribution in [0.25, 0.3) is 11.0 Å². The minimum absolute atomic E-state index is 0.149. The number of aromatic amines is 1. The Balaban J connectivity index is 1.30. The summed E-state index contributed by atoms with van der Waals surface area (Å²) in [6, 6.07) is 13.9. The van der Waals surface area contributed by atoms with Crippen LogP contribution in [0, 0.1) is 6.92 Å². The first-order valence-electron chi connectivity index (χ1n) is 8.97. The third-order valence-corrected chi connectivity index (χ3v) is 5.31. The first-order chi connectivity index (χ1) is 13.3. The topological polar surface area (TPSA) is 72.9 Å². The predicted octanol–water partition coefficient (Wildman–Crippen LogP) is 4.10. The molecule has 0 amide bonds. The number of ether oxygens (including phenoxy) is 2. The summed E-state index contributed by atoms with van der Waals surface area (Å²) in [4.78, 5) is 16.3. The van der Waals surface area contributed by atoms with Crippen molar-refractivity contribution in [2.24, 2.45) is 0 Å². The molecule has 3 heterocycles. The van der Waals surface area contributed by atoms with E-state index in [0.29, 0.717) is 11.8 Å². The second-order valence-electron chi connectivity index (χ2n) is 7.13. The van der Waals surface area contributed by atoms with Crippen LogP contribution < -0.4 is 9.47 Å². The van der Waals surface area contributed by atoms with Gasteiger partial charge in [-0.05, 0) is 42.8 Å². The SMILES string of the molecule is Cc1ccc2nc(C3C4Oc5ccc(Oc6ccncn6)cc5C43)[nH]c2c1. The van der Waals surface area contributed by atoms with E-state index in [1.165, 1.54) is 17.5 Å². The fourth-order valence-electron chi connectivity index (χ4n) is 3.99. The van der Waals surface area contributed by atoms with Crippen molar-refractivity contribution in [2.75, 3.05) is 0 Å². The van der Waals surface area contributed by atoms with Crippen LogP contribution in [0.2, 0.25) is 0 Å². The number of aryl methyl sites for hydroxylation is 1. The van der Waals surface area contributed by atoms with Crippen molar-refractivity contribution < 1.29 is 9.47 Å². The van der Waals surface area contributed by atoms with Crippen molar-refractivity contribution in [3.63, 3.8) is 0 Å². The molecule has 6 nitrogen and oxygen atoms in total. The zero-order valence-corrected chi connectivity index (χ0v) is 14.6. The van der Waals surface area contributed by atoms with E-state index in [0.717, 1.165) is 28.4 Å². The van der Waals surface area contributed by atoms with Crippen LogP contribution in [0.4, 0.5) is 0 Å². The number of fused-ring (bicyclic) bond motifs is 4. The van der Waals surface area contributed by atoms with Crippen LogP contribution in [0.15, 0.2) is 55.0 Å². The summed E-state index contributed by atoms with van der Waals surface area (Å²) in [6.45, 7) is 2.09. The summed E-state index contributed by atoms with van der Waals surface area (Å²) in [5.74, 6) is 3.79. The molecule has 1 aliphatic carbocycles. The molecule has 2 aliphatic rings. The molecule has 0 saturated heterocycles. The van der Waals surface area contributed by atoms with Crippen LogP contribution >= 0.6 is 0 Å². The maximum atomic E-state index is 6.13. The summed E-state index contributed by atoms with van der Waals surface area (Å²) < 4.78 is 12.0. The van der Waals surface area contributed by atoms with E-state index < -0.39 is 0 Å². The van der Waals surface area contributed by atoms with E-state index in [-0.39, 0.29) is 12.0 Å². The van der Waals surface area contributed by atoms with Crippen LogP contribution in [0.3, 0.4) is 0 Å². The average molecular weight is 356 g/mol. The molecular weight excluding hydrogens is 340 g/mol. The van der Waals surface area contributed by atoms with Gasteiger partial charge in [0.1, 0.15) is 29.8 Å². The normalized spacial score (nSPS) is 22.2. The predicted molar refractivity (Wildman–Crippen MR) is 99.3 cm³/mol. The quantitative estimate of drug-likeness (QED) is 0.598. The van der Waals surface area contributed by atoms with E-state index in [1.54, 1.807) is 12.3 Å². The van der Waals surface area contributed by atoms with E-state index in [9.17, 15) is 0 Å². The average Bonchev–Trinajstić information content (AvgIpc) is 3.04. The van der Waals surface area contributed by atoms with E-state index in [1.807, 2.05) is 12.1 Å². The van der Waals surface area contributed by atoms with Gasteiger partial charge in [-0.1, -0.05) is 6.07 Å². The van der Waals surface area contributed by atoms with Crippen molar-refractivity contribution in [1.29, 1.82) is 0 Å². The molecule has 27 heavy (non-hydrogen) atoms. The Bertz CT molecular complexity index is 1170. The maximum Gasteiger partial charge on any atom is 0.222 e. The highest BCUT2D eigenvalue weighted by atomic mass is 16.5. The third-order valence-electron chi connectivity index (χ3n) is 5.31. The molecule has 1 aliphatic heterocycles. The molecule has 6 heteroatoms. The fraction of sp³-hybridized carbons (Fsp3) is 0.190. The summed E-state index contributed by atoms with van der Waals surface area (Å²) in [5.41, 5.74) is 4.48. The third kappa shape index (κ3) is 2.30. The first kappa shape index (κ1) is 14.7. The molecule has 1 saturated carbocycles. The van der Waals surface area contributed by atoms with E-state index in [2.05, 4.69) is 46.1 Å². The van der Waals surface area contributed by atoms with Gasteiger partial charge in [0.2, 0.25) is 5.88 Å². The fourth-order valence-corrected chi connectivity index (χ4v) is 3.99. The van der Waals surface area contributed by atoms with Crippen molar-refractivity contribution in [1.82, 2.24) is 19.9 Å². The summed E-state index contributed by atoms with van der Waals surface area (Å²) in [5, 5.41) is 0. The summed E-state index contributed by atoms with van der Waals surface area (Å²) in [6.07, 6.45) is 3.29. The Kier molecular flexibility index (Phi) is 2.89. The monoisotopic (exact) mass is 356 g/mol. The van der Waals surface area contributed by atoms with Gasteiger partial charge in [-0.3, -0.25) is 0 Å². The molecule has 0 bridgehead atoms. The number of H-pyrrole nitrogens is 1. The number of rotatable bonds is 3. The number of aromatic nitrogens is 4. The molecule has 2 aromatic heterocycles. The number of imidazole rings is 1. The van der Waals surface area contributed by atoms with Crippen LogP contribution in [0.1, 0.15) is 28.8 Å². The van der Waals surface area contributed by atoms with Crippen LogP contribution in [-0.4, -0.2) is 26.0 Å². The van der Waals surface area contributed by atoms with Crippen molar-refractivity contribution in [3.8, 4) is 17.4 Å². The van der Waals surface area contributed by atoms with Gasteiger partial charge in [0, 0.05) is 23.7 Å². The Morgan fingerprint density at radius 2 is 2.04 bits per heavy atom. The number of hydrogen-bond donors (Lipinski definition) is 1. The highest BCUT2D eigenvalue weighted by molar-refractivity contribution is 5.76. The van der Waals surface area contributed by atoms with Gasteiger partial charge >= 0.3 is 0 Å².